The summed E-state index contributed by atoms with van der Waals surface area (Å²) < 4.78 is 13.2. The second kappa shape index (κ2) is 5.05. The molecular formula is C11H17FN2. The molecule has 0 spiro atoms. The number of nitrogens with two attached hydrogens (primary N) is 1. The minimum absolute atomic E-state index is 0.230. The van der Waals surface area contributed by atoms with Crippen LogP contribution in [0.1, 0.15) is 38.3 Å². The minimum atomic E-state index is -0.441. The fourth-order valence-corrected chi connectivity index (χ4v) is 1.34. The topological polar surface area (TPSA) is 38.9 Å². The van der Waals surface area contributed by atoms with Gasteiger partial charge >= 0.3 is 0 Å². The third-order valence-electron chi connectivity index (χ3n) is 2.24. The molecule has 0 unspecified atom stereocenters. The molecule has 14 heavy (non-hydrogen) atoms. The van der Waals surface area contributed by atoms with Crippen LogP contribution < -0.4 is 5.73 Å². The summed E-state index contributed by atoms with van der Waals surface area (Å²) in [5.74, 6) is 0.157. The van der Waals surface area contributed by atoms with Crippen molar-refractivity contribution < 1.29 is 4.39 Å². The van der Waals surface area contributed by atoms with E-state index in [1.54, 1.807) is 12.1 Å². The van der Waals surface area contributed by atoms with Crippen LogP contribution in [0.4, 0.5) is 4.39 Å². The Balaban J connectivity index is 2.60. The summed E-state index contributed by atoms with van der Waals surface area (Å²) in [4.78, 5) is 3.58. The Morgan fingerprint density at radius 3 is 2.71 bits per heavy atom. The van der Waals surface area contributed by atoms with Gasteiger partial charge in [-0.3, -0.25) is 0 Å². The molecule has 0 aromatic carbocycles. The van der Waals surface area contributed by atoms with Gasteiger partial charge in [-0.2, -0.15) is 4.39 Å². The summed E-state index contributed by atoms with van der Waals surface area (Å²) in [6, 6.07) is 3.19. The van der Waals surface area contributed by atoms with Crippen molar-refractivity contribution in [2.75, 3.05) is 0 Å². The molecule has 0 saturated carbocycles. The Morgan fingerprint density at radius 1 is 1.43 bits per heavy atom. The van der Waals surface area contributed by atoms with Crippen LogP contribution in [0.2, 0.25) is 0 Å². The van der Waals surface area contributed by atoms with E-state index in [0.717, 1.165) is 12.8 Å². The number of pyridine rings is 1. The minimum Gasteiger partial charge on any atom is -0.324 e. The molecule has 0 radical (unpaired) electrons. The van der Waals surface area contributed by atoms with Gasteiger partial charge in [-0.25, -0.2) is 4.98 Å². The van der Waals surface area contributed by atoms with Gasteiger partial charge in [-0.15, -0.1) is 0 Å². The second-order valence-corrected chi connectivity index (χ2v) is 3.96. The van der Waals surface area contributed by atoms with Crippen LogP contribution in [0.5, 0.6) is 0 Å². The van der Waals surface area contributed by atoms with Crippen molar-refractivity contribution in [3.63, 3.8) is 0 Å². The van der Waals surface area contributed by atoms with Gasteiger partial charge in [0.05, 0.1) is 0 Å². The van der Waals surface area contributed by atoms with Gasteiger partial charge in [0.25, 0.3) is 0 Å². The van der Waals surface area contributed by atoms with E-state index >= 15 is 0 Å². The lowest BCUT2D eigenvalue weighted by Crippen LogP contribution is -2.13. The fourth-order valence-electron chi connectivity index (χ4n) is 1.34. The number of hydrogen-bond donors (Lipinski definition) is 1. The molecule has 1 atom stereocenters. The molecule has 0 aliphatic rings. The summed E-state index contributed by atoms with van der Waals surface area (Å²) in [6.07, 6.45) is 3.25. The Morgan fingerprint density at radius 2 is 2.14 bits per heavy atom. The summed E-state index contributed by atoms with van der Waals surface area (Å²) in [5.41, 5.74) is 6.39. The summed E-state index contributed by atoms with van der Waals surface area (Å²) in [5, 5.41) is 0. The van der Waals surface area contributed by atoms with Crippen molar-refractivity contribution in [1.82, 2.24) is 4.98 Å². The molecule has 0 amide bonds. The highest BCUT2D eigenvalue weighted by molar-refractivity contribution is 5.14. The van der Waals surface area contributed by atoms with E-state index in [-0.39, 0.29) is 6.04 Å². The highest BCUT2D eigenvalue weighted by Gasteiger charge is 2.11. The van der Waals surface area contributed by atoms with Crippen molar-refractivity contribution in [3.05, 3.63) is 29.8 Å². The lowest BCUT2D eigenvalue weighted by molar-refractivity contribution is 0.482. The monoisotopic (exact) mass is 196 g/mol. The van der Waals surface area contributed by atoms with Crippen molar-refractivity contribution >= 4 is 0 Å². The summed E-state index contributed by atoms with van der Waals surface area (Å²) >= 11 is 0. The molecule has 1 heterocycles. The highest BCUT2D eigenvalue weighted by Crippen LogP contribution is 2.19. The van der Waals surface area contributed by atoms with Crippen LogP contribution in [0.25, 0.3) is 0 Å². The molecule has 0 fully saturated rings. The van der Waals surface area contributed by atoms with Crippen LogP contribution in [-0.4, -0.2) is 4.98 Å². The van der Waals surface area contributed by atoms with Gasteiger partial charge in [-0.05, 0) is 24.8 Å². The first-order valence-electron chi connectivity index (χ1n) is 4.97. The second-order valence-electron chi connectivity index (χ2n) is 3.96. The van der Waals surface area contributed by atoms with Crippen molar-refractivity contribution in [3.8, 4) is 0 Å². The third kappa shape index (κ3) is 3.07. The van der Waals surface area contributed by atoms with Gasteiger partial charge in [0, 0.05) is 17.8 Å². The lowest BCUT2D eigenvalue weighted by Gasteiger charge is -2.13. The summed E-state index contributed by atoms with van der Waals surface area (Å²) in [7, 11) is 0. The molecule has 0 aliphatic carbocycles. The number of aromatic nitrogens is 1. The Kier molecular flexibility index (Phi) is 4.01. The SMILES string of the molecule is CC(C)CC[C@@H](N)c1cccnc1F. The predicted octanol–water partition coefficient (Wildman–Crippen LogP) is 2.66. The maximum absolute atomic E-state index is 13.2. The van der Waals surface area contributed by atoms with Gasteiger partial charge < -0.3 is 5.73 Å². The molecule has 1 rings (SSSR count). The lowest BCUT2D eigenvalue weighted by atomic mass is 9.99. The number of nitrogens with zero attached hydrogens (tertiary/aromatic N) is 1. The third-order valence-corrected chi connectivity index (χ3v) is 2.24. The zero-order valence-corrected chi connectivity index (χ0v) is 8.70. The van der Waals surface area contributed by atoms with Crippen molar-refractivity contribution in [1.29, 1.82) is 0 Å². The van der Waals surface area contributed by atoms with E-state index in [0.29, 0.717) is 11.5 Å². The van der Waals surface area contributed by atoms with Crippen LogP contribution in [0.15, 0.2) is 18.3 Å². The van der Waals surface area contributed by atoms with E-state index in [4.69, 9.17) is 5.73 Å². The van der Waals surface area contributed by atoms with Gasteiger partial charge in [0.2, 0.25) is 5.95 Å². The first-order valence-corrected chi connectivity index (χ1v) is 4.97. The van der Waals surface area contributed by atoms with E-state index in [1.807, 2.05) is 0 Å². The molecule has 3 heteroatoms. The van der Waals surface area contributed by atoms with E-state index in [2.05, 4.69) is 18.8 Å². The van der Waals surface area contributed by atoms with Crippen molar-refractivity contribution in [2.45, 2.75) is 32.7 Å². The van der Waals surface area contributed by atoms with E-state index < -0.39 is 5.95 Å². The van der Waals surface area contributed by atoms with Crippen LogP contribution >= 0.6 is 0 Å². The molecule has 0 saturated heterocycles. The van der Waals surface area contributed by atoms with Crippen LogP contribution in [0, 0.1) is 11.9 Å². The zero-order chi connectivity index (χ0) is 10.6. The quantitative estimate of drug-likeness (QED) is 0.752. The zero-order valence-electron chi connectivity index (χ0n) is 8.70. The molecular weight excluding hydrogens is 179 g/mol. The molecule has 0 bridgehead atoms. The molecule has 1 aromatic rings. The van der Waals surface area contributed by atoms with Crippen LogP contribution in [-0.2, 0) is 0 Å². The number of rotatable bonds is 4. The maximum Gasteiger partial charge on any atom is 0.217 e. The molecule has 1 aromatic heterocycles. The molecule has 78 valence electrons. The Hall–Kier alpha value is -0.960. The smallest absolute Gasteiger partial charge is 0.217 e. The van der Waals surface area contributed by atoms with E-state index in [1.165, 1.54) is 6.20 Å². The predicted molar refractivity (Wildman–Crippen MR) is 55.2 cm³/mol. The van der Waals surface area contributed by atoms with E-state index in [9.17, 15) is 4.39 Å². The Bertz CT molecular complexity index is 286. The number of halogens is 1. The largest absolute Gasteiger partial charge is 0.324 e. The normalized spacial score (nSPS) is 13.2. The van der Waals surface area contributed by atoms with Gasteiger partial charge in [-0.1, -0.05) is 19.9 Å². The first-order chi connectivity index (χ1) is 6.61. The summed E-state index contributed by atoms with van der Waals surface area (Å²) in [6.45, 7) is 4.26. The van der Waals surface area contributed by atoms with Gasteiger partial charge in [0.1, 0.15) is 0 Å². The maximum atomic E-state index is 13.2. The molecule has 0 aliphatic heterocycles. The standard InChI is InChI=1S/C11H17FN2/c1-8(2)5-6-10(13)9-4-3-7-14-11(9)12/h3-4,7-8,10H,5-6,13H2,1-2H3/t10-/m1/s1. The van der Waals surface area contributed by atoms with Crippen LogP contribution in [0.3, 0.4) is 0 Å². The van der Waals surface area contributed by atoms with Crippen molar-refractivity contribution in [2.24, 2.45) is 11.7 Å². The fraction of sp³-hybridized carbons (Fsp3) is 0.545. The average Bonchev–Trinajstić information content (AvgIpc) is 2.15. The van der Waals surface area contributed by atoms with Gasteiger partial charge in [0.15, 0.2) is 0 Å². The highest BCUT2D eigenvalue weighted by atomic mass is 19.1. The first kappa shape index (κ1) is 11.1. The Labute approximate surface area is 84.3 Å². The average molecular weight is 196 g/mol. The molecule has 2 nitrogen and oxygen atoms in total. The molecule has 2 N–H and O–H groups in total. The number of hydrogen-bond acceptors (Lipinski definition) is 2.